The molecule has 0 atom stereocenters. The summed E-state index contributed by atoms with van der Waals surface area (Å²) in [6, 6.07) is 17.0. The van der Waals surface area contributed by atoms with Crippen LogP contribution in [-0.2, 0) is 16.1 Å². The lowest BCUT2D eigenvalue weighted by molar-refractivity contribution is -0.121. The van der Waals surface area contributed by atoms with E-state index in [-0.39, 0.29) is 17.7 Å². The Hall–Kier alpha value is -3.56. The smallest absolute Gasteiger partial charge is 0.256 e. The minimum atomic E-state index is -0.111. The highest BCUT2D eigenvalue weighted by atomic mass is 16.5. The van der Waals surface area contributed by atoms with Gasteiger partial charge in [-0.25, -0.2) is 0 Å². The van der Waals surface area contributed by atoms with Gasteiger partial charge in [-0.3, -0.25) is 14.5 Å². The van der Waals surface area contributed by atoms with Crippen LogP contribution in [0.15, 0.2) is 59.1 Å². The van der Waals surface area contributed by atoms with E-state index in [1.54, 1.807) is 17.0 Å². The minimum absolute atomic E-state index is 0.0453. The van der Waals surface area contributed by atoms with E-state index in [2.05, 4.69) is 20.4 Å². The number of benzene rings is 2. The molecule has 0 saturated carbocycles. The molecule has 1 aromatic heterocycles. The fraction of sp³-hybridized carbons (Fsp3) is 0.385. The Morgan fingerprint density at radius 3 is 2.43 bits per heavy atom. The lowest BCUT2D eigenvalue weighted by Crippen LogP contribution is -2.41. The number of hydrogen-bond acceptors (Lipinski definition) is 7. The van der Waals surface area contributed by atoms with Crippen molar-refractivity contribution < 1.29 is 18.8 Å². The topological polar surface area (TPSA) is 101 Å². The van der Waals surface area contributed by atoms with Crippen molar-refractivity contribution in [3.05, 3.63) is 66.1 Å². The first kappa shape index (κ1) is 23.2. The Morgan fingerprint density at radius 2 is 1.66 bits per heavy atom. The van der Waals surface area contributed by atoms with Crippen LogP contribution in [0.25, 0.3) is 11.4 Å². The van der Waals surface area contributed by atoms with E-state index in [0.717, 1.165) is 31.5 Å². The lowest BCUT2D eigenvalue weighted by Gasteiger charge is -2.30. The Bertz CT molecular complexity index is 1150. The molecule has 2 aliphatic rings. The number of carbonyl (C=O) groups excluding carboxylic acids is 2. The molecule has 2 aliphatic heterocycles. The predicted molar refractivity (Wildman–Crippen MR) is 130 cm³/mol. The molecule has 2 amide bonds. The van der Waals surface area contributed by atoms with Crippen molar-refractivity contribution in [1.29, 1.82) is 0 Å². The molecular weight excluding hydrogens is 446 g/mol. The number of nitrogens with one attached hydrogen (secondary N) is 1. The zero-order valence-corrected chi connectivity index (χ0v) is 19.6. The molecule has 1 N–H and O–H groups in total. The minimum Gasteiger partial charge on any atom is -0.378 e. The summed E-state index contributed by atoms with van der Waals surface area (Å²) in [5.41, 5.74) is 2.01. The maximum atomic E-state index is 13.0. The molecule has 3 aromatic rings. The number of piperidine rings is 1. The van der Waals surface area contributed by atoms with Gasteiger partial charge in [-0.2, -0.15) is 4.98 Å². The van der Waals surface area contributed by atoms with E-state index in [1.165, 1.54) is 0 Å². The highest BCUT2D eigenvalue weighted by molar-refractivity contribution is 6.04. The van der Waals surface area contributed by atoms with Gasteiger partial charge in [0.1, 0.15) is 0 Å². The number of anilines is 1. The van der Waals surface area contributed by atoms with E-state index < -0.39 is 0 Å². The summed E-state index contributed by atoms with van der Waals surface area (Å²) in [7, 11) is 0. The first-order valence-corrected chi connectivity index (χ1v) is 12.0. The molecular formula is C26H29N5O4. The van der Waals surface area contributed by atoms with Crippen molar-refractivity contribution in [2.75, 3.05) is 44.7 Å². The molecule has 0 aliphatic carbocycles. The van der Waals surface area contributed by atoms with Crippen LogP contribution < -0.4 is 5.32 Å². The highest BCUT2D eigenvalue weighted by Gasteiger charge is 2.28. The van der Waals surface area contributed by atoms with Gasteiger partial charge in [0.2, 0.25) is 17.6 Å². The molecule has 35 heavy (non-hydrogen) atoms. The summed E-state index contributed by atoms with van der Waals surface area (Å²) in [4.78, 5) is 34.5. The van der Waals surface area contributed by atoms with Crippen LogP contribution in [-0.4, -0.2) is 71.1 Å². The van der Waals surface area contributed by atoms with Gasteiger partial charge in [0.15, 0.2) is 0 Å². The number of ether oxygens (including phenoxy) is 1. The summed E-state index contributed by atoms with van der Waals surface area (Å²) in [6.07, 6.45) is 1.45. The average Bonchev–Trinajstić information content (AvgIpc) is 3.38. The molecule has 9 nitrogen and oxygen atoms in total. The molecule has 3 heterocycles. The third-order valence-corrected chi connectivity index (χ3v) is 6.53. The monoisotopic (exact) mass is 475 g/mol. The number of amides is 2. The SMILES string of the molecule is O=C(Nc1ccccc1C(=O)N1CCOCC1)C1CCN(Cc2nc(-c3ccccc3)no2)CC1. The molecule has 0 radical (unpaired) electrons. The zero-order chi connectivity index (χ0) is 24.0. The Labute approximate surface area is 204 Å². The second kappa shape index (κ2) is 10.8. The molecule has 0 unspecified atom stereocenters. The van der Waals surface area contributed by atoms with Gasteiger partial charge in [0.05, 0.1) is 31.0 Å². The molecule has 2 saturated heterocycles. The molecule has 0 bridgehead atoms. The molecule has 2 aromatic carbocycles. The van der Waals surface area contributed by atoms with Crippen molar-refractivity contribution in [2.24, 2.45) is 5.92 Å². The summed E-state index contributed by atoms with van der Waals surface area (Å²) >= 11 is 0. The fourth-order valence-corrected chi connectivity index (χ4v) is 4.52. The number of rotatable bonds is 6. The van der Waals surface area contributed by atoms with Gasteiger partial charge in [-0.1, -0.05) is 47.6 Å². The van der Waals surface area contributed by atoms with Crippen LogP contribution in [0, 0.1) is 5.92 Å². The largest absolute Gasteiger partial charge is 0.378 e. The molecule has 182 valence electrons. The summed E-state index contributed by atoms with van der Waals surface area (Å²) in [5, 5.41) is 7.09. The number of carbonyl (C=O) groups is 2. The van der Waals surface area contributed by atoms with Gasteiger partial charge in [0, 0.05) is 24.6 Å². The van der Waals surface area contributed by atoms with Crippen molar-refractivity contribution in [3.8, 4) is 11.4 Å². The third-order valence-electron chi connectivity index (χ3n) is 6.53. The third kappa shape index (κ3) is 5.58. The van der Waals surface area contributed by atoms with Crippen LogP contribution in [0.5, 0.6) is 0 Å². The van der Waals surface area contributed by atoms with Crippen LogP contribution in [0.4, 0.5) is 5.69 Å². The van der Waals surface area contributed by atoms with Crippen LogP contribution >= 0.6 is 0 Å². The summed E-state index contributed by atoms with van der Waals surface area (Å²) in [6.45, 7) is 4.28. The van der Waals surface area contributed by atoms with Crippen molar-refractivity contribution in [2.45, 2.75) is 19.4 Å². The Morgan fingerprint density at radius 1 is 0.943 bits per heavy atom. The number of likely N-dealkylation sites (tertiary alicyclic amines) is 1. The van der Waals surface area contributed by atoms with E-state index in [9.17, 15) is 9.59 Å². The van der Waals surface area contributed by atoms with E-state index >= 15 is 0 Å². The molecule has 5 rings (SSSR count). The Kier molecular flexibility index (Phi) is 7.15. The van der Waals surface area contributed by atoms with Gasteiger partial charge in [-0.15, -0.1) is 0 Å². The maximum Gasteiger partial charge on any atom is 0.256 e. The fourth-order valence-electron chi connectivity index (χ4n) is 4.52. The van der Waals surface area contributed by atoms with Crippen molar-refractivity contribution >= 4 is 17.5 Å². The summed E-state index contributed by atoms with van der Waals surface area (Å²) < 4.78 is 10.8. The van der Waals surface area contributed by atoms with Crippen LogP contribution in [0.3, 0.4) is 0 Å². The Balaban J connectivity index is 1.15. The highest BCUT2D eigenvalue weighted by Crippen LogP contribution is 2.24. The number of para-hydroxylation sites is 1. The number of hydrogen-bond donors (Lipinski definition) is 1. The van der Waals surface area contributed by atoms with Crippen molar-refractivity contribution in [1.82, 2.24) is 19.9 Å². The number of morpholine rings is 1. The molecule has 9 heteroatoms. The van der Waals surface area contributed by atoms with Gasteiger partial charge in [0.25, 0.3) is 5.91 Å². The average molecular weight is 476 g/mol. The first-order chi connectivity index (χ1) is 17.2. The predicted octanol–water partition coefficient (Wildman–Crippen LogP) is 3.06. The van der Waals surface area contributed by atoms with Gasteiger partial charge in [-0.05, 0) is 38.1 Å². The quantitative estimate of drug-likeness (QED) is 0.585. The second-order valence-corrected chi connectivity index (χ2v) is 8.87. The van der Waals surface area contributed by atoms with Crippen molar-refractivity contribution in [3.63, 3.8) is 0 Å². The molecule has 2 fully saturated rings. The van der Waals surface area contributed by atoms with E-state index in [0.29, 0.717) is 55.8 Å². The lowest BCUT2D eigenvalue weighted by atomic mass is 9.95. The maximum absolute atomic E-state index is 13.0. The van der Waals surface area contributed by atoms with Gasteiger partial charge < -0.3 is 19.5 Å². The molecule has 0 spiro atoms. The van der Waals surface area contributed by atoms with E-state index in [1.807, 2.05) is 42.5 Å². The van der Waals surface area contributed by atoms with Crippen LogP contribution in [0.2, 0.25) is 0 Å². The van der Waals surface area contributed by atoms with Gasteiger partial charge >= 0.3 is 0 Å². The standard InChI is InChI=1S/C26H29N5O4/c32-25(27-22-9-5-4-8-21(22)26(33)31-14-16-34-17-15-31)20-10-12-30(13-11-20)18-23-28-24(29-35-23)19-6-2-1-3-7-19/h1-9,20H,10-18H2,(H,27,32). The zero-order valence-electron chi connectivity index (χ0n) is 19.6. The van der Waals surface area contributed by atoms with Crippen LogP contribution in [0.1, 0.15) is 29.1 Å². The van der Waals surface area contributed by atoms with E-state index in [4.69, 9.17) is 9.26 Å². The number of aromatic nitrogens is 2. The second-order valence-electron chi connectivity index (χ2n) is 8.87. The summed E-state index contributed by atoms with van der Waals surface area (Å²) in [5.74, 6) is 0.923. The normalized spacial score (nSPS) is 17.3. The number of nitrogens with zero attached hydrogens (tertiary/aromatic N) is 4. The first-order valence-electron chi connectivity index (χ1n) is 12.0.